The van der Waals surface area contributed by atoms with E-state index in [0.29, 0.717) is 11.6 Å². The van der Waals surface area contributed by atoms with E-state index in [2.05, 4.69) is 34.1 Å². The van der Waals surface area contributed by atoms with Gasteiger partial charge in [0.2, 0.25) is 0 Å². The van der Waals surface area contributed by atoms with Gasteiger partial charge >= 0.3 is 0 Å². The van der Waals surface area contributed by atoms with Crippen LogP contribution in [0.2, 0.25) is 0 Å². The van der Waals surface area contributed by atoms with Crippen molar-refractivity contribution in [1.29, 1.82) is 0 Å². The number of hydrogen-bond acceptors (Lipinski definition) is 6. The van der Waals surface area contributed by atoms with Gasteiger partial charge in [-0.2, -0.15) is 0 Å². The van der Waals surface area contributed by atoms with E-state index in [-0.39, 0.29) is 6.04 Å². The van der Waals surface area contributed by atoms with Gasteiger partial charge in [0.05, 0.1) is 6.04 Å². The molecule has 3 N–H and O–H groups in total. The van der Waals surface area contributed by atoms with Crippen LogP contribution >= 0.6 is 11.3 Å². The fraction of sp³-hybridized carbons (Fsp3) is 0.462. The first kappa shape index (κ1) is 13.7. The summed E-state index contributed by atoms with van der Waals surface area (Å²) >= 11 is 1.73. The molecule has 0 radical (unpaired) electrons. The van der Waals surface area contributed by atoms with Gasteiger partial charge in [-0.3, -0.25) is 0 Å². The molecule has 0 aliphatic carbocycles. The first-order valence-corrected chi connectivity index (χ1v) is 7.14. The highest BCUT2D eigenvalue weighted by Crippen LogP contribution is 2.25. The summed E-state index contributed by atoms with van der Waals surface area (Å²) in [7, 11) is 0. The van der Waals surface area contributed by atoms with E-state index in [9.17, 15) is 0 Å². The fourth-order valence-corrected chi connectivity index (χ4v) is 2.60. The van der Waals surface area contributed by atoms with Gasteiger partial charge in [0.15, 0.2) is 0 Å². The lowest BCUT2D eigenvalue weighted by Gasteiger charge is -2.15. The lowest BCUT2D eigenvalue weighted by atomic mass is 10.2. The Balaban J connectivity index is 2.21. The number of thiazole rings is 1. The Morgan fingerprint density at radius 3 is 2.74 bits per heavy atom. The quantitative estimate of drug-likeness (QED) is 0.898. The first-order valence-electron chi connectivity index (χ1n) is 6.33. The van der Waals surface area contributed by atoms with Crippen molar-refractivity contribution >= 4 is 23.0 Å². The van der Waals surface area contributed by atoms with Crippen LogP contribution in [0.25, 0.3) is 0 Å². The number of nitrogen functional groups attached to an aromatic ring is 1. The van der Waals surface area contributed by atoms with Gasteiger partial charge in [-0.25, -0.2) is 15.0 Å². The average molecular weight is 277 g/mol. The maximum absolute atomic E-state index is 5.86. The molecule has 19 heavy (non-hydrogen) atoms. The molecular weight excluding hydrogens is 258 g/mol. The Kier molecular flexibility index (Phi) is 3.99. The summed E-state index contributed by atoms with van der Waals surface area (Å²) in [5.74, 6) is 1.98. The number of anilines is 2. The molecule has 0 saturated carbocycles. The maximum atomic E-state index is 5.86. The molecule has 2 heterocycles. The second kappa shape index (κ2) is 5.52. The van der Waals surface area contributed by atoms with E-state index >= 15 is 0 Å². The van der Waals surface area contributed by atoms with Crippen molar-refractivity contribution in [2.45, 2.75) is 40.2 Å². The molecule has 2 aromatic rings. The van der Waals surface area contributed by atoms with E-state index < -0.39 is 0 Å². The van der Waals surface area contributed by atoms with Crippen LogP contribution in [0, 0.1) is 13.8 Å². The number of rotatable bonds is 4. The van der Waals surface area contributed by atoms with Crippen LogP contribution in [-0.2, 0) is 6.42 Å². The van der Waals surface area contributed by atoms with E-state index in [1.54, 1.807) is 11.3 Å². The molecule has 0 bridgehead atoms. The van der Waals surface area contributed by atoms with Crippen molar-refractivity contribution < 1.29 is 0 Å². The van der Waals surface area contributed by atoms with Gasteiger partial charge in [-0.15, -0.1) is 11.3 Å². The van der Waals surface area contributed by atoms with Gasteiger partial charge in [0.1, 0.15) is 22.5 Å². The first-order chi connectivity index (χ1) is 9.01. The Labute approximate surface area is 117 Å². The van der Waals surface area contributed by atoms with Crippen molar-refractivity contribution in [2.75, 3.05) is 11.1 Å². The molecule has 102 valence electrons. The smallest absolute Gasteiger partial charge is 0.135 e. The van der Waals surface area contributed by atoms with Crippen LogP contribution in [0.15, 0.2) is 6.20 Å². The van der Waals surface area contributed by atoms with Crippen LogP contribution in [0.5, 0.6) is 0 Å². The minimum Gasteiger partial charge on any atom is -0.383 e. The molecule has 0 aliphatic heterocycles. The largest absolute Gasteiger partial charge is 0.383 e. The summed E-state index contributed by atoms with van der Waals surface area (Å²) in [4.78, 5) is 14.3. The summed E-state index contributed by atoms with van der Waals surface area (Å²) in [6.45, 7) is 7.97. The Morgan fingerprint density at radius 2 is 2.11 bits per heavy atom. The van der Waals surface area contributed by atoms with Gasteiger partial charge < -0.3 is 11.1 Å². The minimum absolute atomic E-state index is 0.109. The van der Waals surface area contributed by atoms with E-state index in [4.69, 9.17) is 5.73 Å². The monoisotopic (exact) mass is 277 g/mol. The molecule has 0 saturated heterocycles. The van der Waals surface area contributed by atoms with Gasteiger partial charge in [-0.05, 0) is 27.2 Å². The molecule has 5 nitrogen and oxygen atoms in total. The number of nitrogens with one attached hydrogen (secondary N) is 1. The number of hydrogen-bond donors (Lipinski definition) is 2. The molecule has 2 aromatic heterocycles. The number of aryl methyl sites for hydroxylation is 2. The van der Waals surface area contributed by atoms with E-state index in [1.807, 2.05) is 20.0 Å². The molecule has 2 rings (SSSR count). The van der Waals surface area contributed by atoms with E-state index in [0.717, 1.165) is 22.8 Å². The molecule has 6 heteroatoms. The van der Waals surface area contributed by atoms with Crippen LogP contribution in [-0.4, -0.2) is 15.0 Å². The zero-order valence-corrected chi connectivity index (χ0v) is 12.5. The zero-order chi connectivity index (χ0) is 14.0. The molecule has 0 amide bonds. The van der Waals surface area contributed by atoms with Gasteiger partial charge in [-0.1, -0.05) is 6.92 Å². The highest BCUT2D eigenvalue weighted by atomic mass is 32.1. The Hall–Kier alpha value is -1.69. The van der Waals surface area contributed by atoms with Crippen LogP contribution < -0.4 is 11.1 Å². The predicted molar refractivity (Wildman–Crippen MR) is 79.4 cm³/mol. The predicted octanol–water partition coefficient (Wildman–Crippen LogP) is 2.87. The standard InChI is InChI=1S/C13H19N5S/c1-5-10-6-15-13(19-10)8(3)16-12-7(2)11(14)17-9(4)18-12/h6,8H,5H2,1-4H3,(H3,14,16,17,18). The third kappa shape index (κ3) is 3.01. The normalized spacial score (nSPS) is 12.4. The molecule has 0 aliphatic rings. The number of aromatic nitrogens is 3. The summed E-state index contributed by atoms with van der Waals surface area (Å²) in [6, 6.07) is 0.109. The summed E-state index contributed by atoms with van der Waals surface area (Å²) in [5, 5.41) is 4.42. The summed E-state index contributed by atoms with van der Waals surface area (Å²) < 4.78 is 0. The highest BCUT2D eigenvalue weighted by Gasteiger charge is 2.13. The summed E-state index contributed by atoms with van der Waals surface area (Å²) in [6.07, 6.45) is 2.95. The van der Waals surface area contributed by atoms with Crippen molar-refractivity contribution in [3.8, 4) is 0 Å². The third-order valence-corrected chi connectivity index (χ3v) is 4.26. The molecular formula is C13H19N5S. The van der Waals surface area contributed by atoms with Crippen molar-refractivity contribution in [2.24, 2.45) is 0 Å². The maximum Gasteiger partial charge on any atom is 0.135 e. The second-order valence-electron chi connectivity index (χ2n) is 4.51. The summed E-state index contributed by atoms with van der Waals surface area (Å²) in [5.41, 5.74) is 6.74. The Morgan fingerprint density at radius 1 is 1.37 bits per heavy atom. The number of nitrogens with two attached hydrogens (primary N) is 1. The molecule has 0 spiro atoms. The molecule has 1 unspecified atom stereocenters. The van der Waals surface area contributed by atoms with Crippen molar-refractivity contribution in [3.05, 3.63) is 27.5 Å². The van der Waals surface area contributed by atoms with Crippen molar-refractivity contribution in [3.63, 3.8) is 0 Å². The molecule has 1 atom stereocenters. The third-order valence-electron chi connectivity index (χ3n) is 2.94. The average Bonchev–Trinajstić information content (AvgIpc) is 2.84. The highest BCUT2D eigenvalue weighted by molar-refractivity contribution is 7.11. The van der Waals surface area contributed by atoms with Gasteiger partial charge in [0, 0.05) is 16.6 Å². The van der Waals surface area contributed by atoms with Crippen LogP contribution in [0.4, 0.5) is 11.6 Å². The van der Waals surface area contributed by atoms with Gasteiger partial charge in [0.25, 0.3) is 0 Å². The lowest BCUT2D eigenvalue weighted by Crippen LogP contribution is -2.11. The fourth-order valence-electron chi connectivity index (χ4n) is 1.74. The minimum atomic E-state index is 0.109. The second-order valence-corrected chi connectivity index (χ2v) is 5.66. The molecule has 0 fully saturated rings. The topological polar surface area (TPSA) is 76.7 Å². The van der Waals surface area contributed by atoms with E-state index in [1.165, 1.54) is 4.88 Å². The Bertz CT molecular complexity index is 578. The van der Waals surface area contributed by atoms with Crippen molar-refractivity contribution in [1.82, 2.24) is 15.0 Å². The van der Waals surface area contributed by atoms with Crippen LogP contribution in [0.1, 0.15) is 41.2 Å². The molecule has 0 aromatic carbocycles. The number of nitrogens with zero attached hydrogens (tertiary/aromatic N) is 3. The van der Waals surface area contributed by atoms with Crippen LogP contribution in [0.3, 0.4) is 0 Å². The SMILES string of the molecule is CCc1cnc(C(C)Nc2nc(C)nc(N)c2C)s1. The zero-order valence-electron chi connectivity index (χ0n) is 11.7. The lowest BCUT2D eigenvalue weighted by molar-refractivity contribution is 0.851.